The molecular weight excluding hydrogens is 314 g/mol. The van der Waals surface area contributed by atoms with Gasteiger partial charge < -0.3 is 0 Å². The van der Waals surface area contributed by atoms with Crippen LogP contribution in [0.25, 0.3) is 11.0 Å². The Morgan fingerprint density at radius 3 is 2.67 bits per heavy atom. The molecule has 0 amide bonds. The standard InChI is InChI=1S/C13H10ClN3O3S/c14-11-6-7-12-13(8-11)17(16-15-12)20-21(18,19)9-10-4-2-1-3-5-10/h1-8H,9H2. The number of benzene rings is 2. The van der Waals surface area contributed by atoms with Gasteiger partial charge >= 0.3 is 10.1 Å². The summed E-state index contributed by atoms with van der Waals surface area (Å²) in [5, 5.41) is 7.93. The van der Waals surface area contributed by atoms with Gasteiger partial charge in [0, 0.05) is 5.02 Å². The third-order valence-corrected chi connectivity index (χ3v) is 4.04. The Hall–Kier alpha value is -2.12. The fourth-order valence-electron chi connectivity index (χ4n) is 1.84. The van der Waals surface area contributed by atoms with E-state index in [0.717, 1.165) is 4.85 Å². The lowest BCUT2D eigenvalue weighted by Crippen LogP contribution is -2.22. The van der Waals surface area contributed by atoms with Crippen LogP contribution in [0.15, 0.2) is 48.5 Å². The number of halogens is 1. The van der Waals surface area contributed by atoms with Crippen LogP contribution >= 0.6 is 11.6 Å². The van der Waals surface area contributed by atoms with E-state index < -0.39 is 10.1 Å². The summed E-state index contributed by atoms with van der Waals surface area (Å²) < 4.78 is 29.1. The van der Waals surface area contributed by atoms with E-state index in [1.807, 2.05) is 6.07 Å². The van der Waals surface area contributed by atoms with Crippen molar-refractivity contribution >= 4 is 32.8 Å². The maximum Gasteiger partial charge on any atom is 0.332 e. The summed E-state index contributed by atoms with van der Waals surface area (Å²) in [4.78, 5) is 0.861. The Morgan fingerprint density at radius 1 is 1.14 bits per heavy atom. The third kappa shape index (κ3) is 3.14. The summed E-state index contributed by atoms with van der Waals surface area (Å²) in [6.07, 6.45) is 0. The lowest BCUT2D eigenvalue weighted by atomic mass is 10.2. The highest BCUT2D eigenvalue weighted by atomic mass is 35.5. The molecule has 3 rings (SSSR count). The summed E-state index contributed by atoms with van der Waals surface area (Å²) in [7, 11) is -3.84. The van der Waals surface area contributed by atoms with Crippen molar-refractivity contribution in [3.05, 3.63) is 59.1 Å². The van der Waals surface area contributed by atoms with Crippen LogP contribution in [0.2, 0.25) is 5.02 Å². The molecule has 0 N–H and O–H groups in total. The monoisotopic (exact) mass is 323 g/mol. The van der Waals surface area contributed by atoms with Gasteiger partial charge in [0.05, 0.1) is 0 Å². The number of aromatic nitrogens is 3. The minimum absolute atomic E-state index is 0.254. The van der Waals surface area contributed by atoms with Crippen molar-refractivity contribution in [2.24, 2.45) is 0 Å². The van der Waals surface area contributed by atoms with Crippen molar-refractivity contribution in [3.8, 4) is 0 Å². The second kappa shape index (κ2) is 5.34. The molecule has 0 unspecified atom stereocenters. The summed E-state index contributed by atoms with van der Waals surface area (Å²) in [5.74, 6) is -0.254. The van der Waals surface area contributed by atoms with Gasteiger partial charge in [0.15, 0.2) is 0 Å². The molecule has 0 bridgehead atoms. The Balaban J connectivity index is 1.89. The van der Waals surface area contributed by atoms with Gasteiger partial charge in [-0.15, -0.1) is 5.10 Å². The van der Waals surface area contributed by atoms with E-state index in [9.17, 15) is 8.42 Å². The van der Waals surface area contributed by atoms with Crippen LogP contribution < -0.4 is 4.28 Å². The highest BCUT2D eigenvalue weighted by Crippen LogP contribution is 2.17. The molecule has 1 aromatic heterocycles. The molecule has 0 saturated carbocycles. The number of rotatable bonds is 4. The number of fused-ring (bicyclic) bond motifs is 1. The van der Waals surface area contributed by atoms with Crippen LogP contribution in [-0.4, -0.2) is 23.6 Å². The maximum absolute atomic E-state index is 12.1. The molecule has 0 saturated heterocycles. The smallest absolute Gasteiger partial charge is 0.267 e. The van der Waals surface area contributed by atoms with E-state index in [4.69, 9.17) is 15.9 Å². The minimum Gasteiger partial charge on any atom is -0.267 e. The Labute approximate surface area is 126 Å². The second-order valence-corrected chi connectivity index (χ2v) is 6.35. The predicted octanol–water partition coefficient (Wildman–Crippen LogP) is 2.04. The average Bonchev–Trinajstić information content (AvgIpc) is 2.81. The van der Waals surface area contributed by atoms with Crippen LogP contribution in [0.4, 0.5) is 0 Å². The molecule has 21 heavy (non-hydrogen) atoms. The molecule has 0 spiro atoms. The first-order chi connectivity index (χ1) is 10.0. The van der Waals surface area contributed by atoms with Gasteiger partial charge in [-0.1, -0.05) is 46.8 Å². The van der Waals surface area contributed by atoms with Crippen molar-refractivity contribution in [1.82, 2.24) is 15.2 Å². The molecule has 0 radical (unpaired) electrons. The highest BCUT2D eigenvalue weighted by Gasteiger charge is 2.17. The second-order valence-electron chi connectivity index (χ2n) is 4.36. The zero-order valence-electron chi connectivity index (χ0n) is 10.7. The SMILES string of the molecule is O=S(=O)(Cc1ccccc1)On1nnc2ccc(Cl)cc21. The summed E-state index contributed by atoms with van der Waals surface area (Å²) >= 11 is 5.87. The molecule has 8 heteroatoms. The first kappa shape index (κ1) is 13.8. The molecule has 0 aliphatic heterocycles. The van der Waals surface area contributed by atoms with E-state index in [0.29, 0.717) is 21.6 Å². The maximum atomic E-state index is 12.1. The quantitative estimate of drug-likeness (QED) is 0.734. The molecular formula is C13H10ClN3O3S. The molecule has 2 aromatic carbocycles. The van der Waals surface area contributed by atoms with Crippen molar-refractivity contribution < 1.29 is 12.7 Å². The lowest BCUT2D eigenvalue weighted by molar-refractivity contribution is 0.244. The number of hydrogen-bond acceptors (Lipinski definition) is 5. The van der Waals surface area contributed by atoms with Crippen LogP contribution in [0.3, 0.4) is 0 Å². The first-order valence-corrected chi connectivity index (χ1v) is 7.97. The van der Waals surface area contributed by atoms with Crippen LogP contribution in [0.1, 0.15) is 5.56 Å². The molecule has 0 aliphatic carbocycles. The summed E-state index contributed by atoms with van der Waals surface area (Å²) in [6.45, 7) is 0. The average molecular weight is 324 g/mol. The molecule has 0 fully saturated rings. The Bertz CT molecular complexity index is 878. The van der Waals surface area contributed by atoms with E-state index in [1.165, 1.54) is 6.07 Å². The number of nitrogens with zero attached hydrogens (tertiary/aromatic N) is 3. The van der Waals surface area contributed by atoms with Crippen LogP contribution in [0, 0.1) is 0 Å². The largest absolute Gasteiger partial charge is 0.332 e. The van der Waals surface area contributed by atoms with E-state index in [-0.39, 0.29) is 5.75 Å². The van der Waals surface area contributed by atoms with E-state index >= 15 is 0 Å². The number of hydrogen-bond donors (Lipinski definition) is 0. The van der Waals surface area contributed by atoms with Gasteiger partial charge in [0.2, 0.25) is 0 Å². The van der Waals surface area contributed by atoms with E-state index in [1.54, 1.807) is 36.4 Å². The van der Waals surface area contributed by atoms with Gasteiger partial charge in [-0.3, -0.25) is 4.28 Å². The van der Waals surface area contributed by atoms with Gasteiger partial charge in [-0.05, 0) is 29.0 Å². The highest BCUT2D eigenvalue weighted by molar-refractivity contribution is 7.86. The fourth-order valence-corrected chi connectivity index (χ4v) is 2.98. The predicted molar refractivity (Wildman–Crippen MR) is 78.2 cm³/mol. The fraction of sp³-hybridized carbons (Fsp3) is 0.0769. The van der Waals surface area contributed by atoms with Crippen molar-refractivity contribution in [3.63, 3.8) is 0 Å². The molecule has 108 valence electrons. The van der Waals surface area contributed by atoms with Crippen molar-refractivity contribution in [1.29, 1.82) is 0 Å². The van der Waals surface area contributed by atoms with E-state index in [2.05, 4.69) is 10.3 Å². The van der Waals surface area contributed by atoms with Gasteiger partial charge in [-0.2, -0.15) is 8.42 Å². The summed E-state index contributed by atoms with van der Waals surface area (Å²) in [5.41, 5.74) is 1.51. The molecule has 0 aliphatic rings. The molecule has 1 heterocycles. The summed E-state index contributed by atoms with van der Waals surface area (Å²) in [6, 6.07) is 13.5. The van der Waals surface area contributed by atoms with Crippen LogP contribution in [-0.2, 0) is 15.9 Å². The van der Waals surface area contributed by atoms with Gasteiger partial charge in [-0.25, -0.2) is 0 Å². The van der Waals surface area contributed by atoms with Crippen LogP contribution in [0.5, 0.6) is 0 Å². The Kier molecular flexibility index (Phi) is 3.52. The Morgan fingerprint density at radius 2 is 1.90 bits per heavy atom. The lowest BCUT2D eigenvalue weighted by Gasteiger charge is -2.06. The first-order valence-electron chi connectivity index (χ1n) is 6.01. The normalized spacial score (nSPS) is 11.7. The molecule has 0 atom stereocenters. The van der Waals surface area contributed by atoms with Gasteiger partial charge in [0.1, 0.15) is 16.8 Å². The van der Waals surface area contributed by atoms with Crippen molar-refractivity contribution in [2.45, 2.75) is 5.75 Å². The zero-order chi connectivity index (χ0) is 14.9. The molecule has 6 nitrogen and oxygen atoms in total. The van der Waals surface area contributed by atoms with Gasteiger partial charge in [0.25, 0.3) is 0 Å². The zero-order valence-corrected chi connectivity index (χ0v) is 12.3. The molecule has 3 aromatic rings. The third-order valence-electron chi connectivity index (χ3n) is 2.75. The van der Waals surface area contributed by atoms with Crippen molar-refractivity contribution in [2.75, 3.05) is 0 Å². The minimum atomic E-state index is -3.84. The topological polar surface area (TPSA) is 74.1 Å².